The van der Waals surface area contributed by atoms with Crippen LogP contribution in [0, 0.1) is 16.0 Å². The lowest BCUT2D eigenvalue weighted by molar-refractivity contribution is -0.384. The predicted molar refractivity (Wildman–Crippen MR) is 58.8 cm³/mol. The van der Waals surface area contributed by atoms with Crippen LogP contribution in [0.2, 0.25) is 0 Å². The average molecular weight is 223 g/mol. The smallest absolute Gasteiger partial charge is 0.269 e. The fraction of sp³-hybridized carbons (Fsp3) is 0.273. The van der Waals surface area contributed by atoms with E-state index in [1.54, 1.807) is 0 Å². The van der Waals surface area contributed by atoms with Crippen molar-refractivity contribution in [3.8, 4) is 0 Å². The van der Waals surface area contributed by atoms with E-state index < -0.39 is 16.9 Å². The Morgan fingerprint density at radius 2 is 2.00 bits per heavy atom. The molecule has 16 heavy (non-hydrogen) atoms. The Hall–Kier alpha value is -1.72. The molecule has 86 valence electrons. The number of hydrogen-bond donors (Lipinski definition) is 2. The van der Waals surface area contributed by atoms with Gasteiger partial charge in [-0.05, 0) is 17.7 Å². The van der Waals surface area contributed by atoms with Gasteiger partial charge in [0, 0.05) is 18.1 Å². The van der Waals surface area contributed by atoms with Crippen molar-refractivity contribution in [2.75, 3.05) is 6.61 Å². The Balaban J connectivity index is 2.88. The molecule has 0 aromatic heterocycles. The monoisotopic (exact) mass is 223 g/mol. The minimum absolute atomic E-state index is 0.0323. The van der Waals surface area contributed by atoms with Gasteiger partial charge in [-0.15, -0.1) is 6.58 Å². The summed E-state index contributed by atoms with van der Waals surface area (Å²) in [5, 5.41) is 29.2. The highest BCUT2D eigenvalue weighted by atomic mass is 16.6. The van der Waals surface area contributed by atoms with E-state index in [0.717, 1.165) is 0 Å². The second-order valence-electron chi connectivity index (χ2n) is 3.38. The normalized spacial score (nSPS) is 14.1. The molecule has 2 unspecified atom stereocenters. The molecule has 2 atom stereocenters. The topological polar surface area (TPSA) is 83.6 Å². The van der Waals surface area contributed by atoms with Gasteiger partial charge in [0.15, 0.2) is 0 Å². The number of nitrogens with zero attached hydrogens (tertiary/aromatic N) is 1. The lowest BCUT2D eigenvalue weighted by atomic mass is 9.96. The zero-order chi connectivity index (χ0) is 12.1. The number of aliphatic hydroxyl groups is 2. The zero-order valence-electron chi connectivity index (χ0n) is 8.61. The summed E-state index contributed by atoms with van der Waals surface area (Å²) in [7, 11) is 0. The Kier molecular flexibility index (Phi) is 4.16. The summed E-state index contributed by atoms with van der Waals surface area (Å²) >= 11 is 0. The SMILES string of the molecule is C=CC(CO)C(O)c1ccc([N+](=O)[O-])cc1. The van der Waals surface area contributed by atoms with Gasteiger partial charge in [0.2, 0.25) is 0 Å². The Bertz CT molecular complexity index is 374. The fourth-order valence-electron chi connectivity index (χ4n) is 1.34. The van der Waals surface area contributed by atoms with Gasteiger partial charge in [0.1, 0.15) is 0 Å². The van der Waals surface area contributed by atoms with E-state index in [9.17, 15) is 15.2 Å². The van der Waals surface area contributed by atoms with Crippen LogP contribution in [0.5, 0.6) is 0 Å². The van der Waals surface area contributed by atoms with E-state index in [0.29, 0.717) is 5.56 Å². The van der Waals surface area contributed by atoms with Gasteiger partial charge in [-0.3, -0.25) is 10.1 Å². The van der Waals surface area contributed by atoms with Crippen LogP contribution in [0.3, 0.4) is 0 Å². The molecule has 1 rings (SSSR count). The van der Waals surface area contributed by atoms with Crippen LogP contribution < -0.4 is 0 Å². The lowest BCUT2D eigenvalue weighted by Crippen LogP contribution is -2.13. The van der Waals surface area contributed by atoms with Crippen LogP contribution in [0.15, 0.2) is 36.9 Å². The summed E-state index contributed by atoms with van der Waals surface area (Å²) in [5.41, 5.74) is 0.486. The third-order valence-electron chi connectivity index (χ3n) is 2.36. The molecule has 0 saturated heterocycles. The van der Waals surface area contributed by atoms with Gasteiger partial charge in [0.05, 0.1) is 17.6 Å². The molecule has 0 amide bonds. The third-order valence-corrected chi connectivity index (χ3v) is 2.36. The standard InChI is InChI=1S/C11H13NO4/c1-2-8(7-13)11(14)9-3-5-10(6-4-9)12(15)16/h2-6,8,11,13-14H,1,7H2. The molecule has 0 aliphatic carbocycles. The molecule has 0 aliphatic heterocycles. The predicted octanol–water partition coefficient (Wildman–Crippen LogP) is 1.42. The summed E-state index contributed by atoms with van der Waals surface area (Å²) in [6, 6.07) is 5.57. The van der Waals surface area contributed by atoms with Gasteiger partial charge in [-0.2, -0.15) is 0 Å². The summed E-state index contributed by atoms with van der Waals surface area (Å²) in [6.07, 6.45) is 0.551. The second-order valence-corrected chi connectivity index (χ2v) is 3.38. The largest absolute Gasteiger partial charge is 0.396 e. The first-order valence-electron chi connectivity index (χ1n) is 4.76. The maximum atomic E-state index is 10.4. The number of nitro groups is 1. The van der Waals surface area contributed by atoms with Gasteiger partial charge < -0.3 is 10.2 Å². The molecule has 5 heteroatoms. The van der Waals surface area contributed by atoms with Crippen molar-refractivity contribution in [3.63, 3.8) is 0 Å². The molecule has 0 heterocycles. The van der Waals surface area contributed by atoms with Crippen LogP contribution in [-0.4, -0.2) is 21.7 Å². The number of non-ortho nitro benzene ring substituents is 1. The van der Waals surface area contributed by atoms with Gasteiger partial charge >= 0.3 is 0 Å². The van der Waals surface area contributed by atoms with Crippen LogP contribution in [0.25, 0.3) is 0 Å². The van der Waals surface area contributed by atoms with E-state index in [-0.39, 0.29) is 12.3 Å². The molecule has 0 bridgehead atoms. The highest BCUT2D eigenvalue weighted by Crippen LogP contribution is 2.24. The van der Waals surface area contributed by atoms with Crippen molar-refractivity contribution < 1.29 is 15.1 Å². The van der Waals surface area contributed by atoms with Gasteiger partial charge in [0.25, 0.3) is 5.69 Å². The fourth-order valence-corrected chi connectivity index (χ4v) is 1.34. The van der Waals surface area contributed by atoms with Gasteiger partial charge in [-0.25, -0.2) is 0 Å². The summed E-state index contributed by atoms with van der Waals surface area (Å²) in [5.74, 6) is -0.471. The summed E-state index contributed by atoms with van der Waals surface area (Å²) in [6.45, 7) is 3.28. The minimum Gasteiger partial charge on any atom is -0.396 e. The van der Waals surface area contributed by atoms with Gasteiger partial charge in [-0.1, -0.05) is 6.08 Å². The number of rotatable bonds is 5. The molecule has 0 saturated carbocycles. The molecule has 0 fully saturated rings. The van der Waals surface area contributed by atoms with Crippen molar-refractivity contribution in [1.29, 1.82) is 0 Å². The number of nitro benzene ring substituents is 1. The maximum absolute atomic E-state index is 10.4. The van der Waals surface area contributed by atoms with Crippen molar-refractivity contribution in [1.82, 2.24) is 0 Å². The first-order chi connectivity index (χ1) is 7.60. The third kappa shape index (κ3) is 2.65. The maximum Gasteiger partial charge on any atom is 0.269 e. The van der Waals surface area contributed by atoms with E-state index in [1.165, 1.54) is 30.3 Å². The number of aliphatic hydroxyl groups excluding tert-OH is 2. The Labute approximate surface area is 92.8 Å². The van der Waals surface area contributed by atoms with E-state index in [4.69, 9.17) is 5.11 Å². The van der Waals surface area contributed by atoms with Crippen molar-refractivity contribution in [2.24, 2.45) is 5.92 Å². The highest BCUT2D eigenvalue weighted by Gasteiger charge is 2.17. The lowest BCUT2D eigenvalue weighted by Gasteiger charge is -2.17. The van der Waals surface area contributed by atoms with Crippen LogP contribution >= 0.6 is 0 Å². The molecular weight excluding hydrogens is 210 g/mol. The molecule has 5 nitrogen and oxygen atoms in total. The molecule has 0 radical (unpaired) electrons. The molecular formula is C11H13NO4. The molecule has 1 aromatic rings. The quantitative estimate of drug-likeness (QED) is 0.449. The zero-order valence-corrected chi connectivity index (χ0v) is 8.61. The first kappa shape index (κ1) is 12.4. The minimum atomic E-state index is -0.900. The summed E-state index contributed by atoms with van der Waals surface area (Å²) in [4.78, 5) is 9.91. The van der Waals surface area contributed by atoms with E-state index >= 15 is 0 Å². The van der Waals surface area contributed by atoms with Crippen molar-refractivity contribution in [2.45, 2.75) is 6.10 Å². The molecule has 1 aromatic carbocycles. The van der Waals surface area contributed by atoms with Crippen LogP contribution in [0.1, 0.15) is 11.7 Å². The Morgan fingerprint density at radius 1 is 1.44 bits per heavy atom. The van der Waals surface area contributed by atoms with E-state index in [2.05, 4.69) is 6.58 Å². The first-order valence-corrected chi connectivity index (χ1v) is 4.76. The highest BCUT2D eigenvalue weighted by molar-refractivity contribution is 5.34. The second kappa shape index (κ2) is 5.39. The number of hydrogen-bond acceptors (Lipinski definition) is 4. The van der Waals surface area contributed by atoms with E-state index in [1.807, 2.05) is 0 Å². The van der Waals surface area contributed by atoms with Crippen molar-refractivity contribution in [3.05, 3.63) is 52.6 Å². The van der Waals surface area contributed by atoms with Crippen LogP contribution in [0.4, 0.5) is 5.69 Å². The molecule has 0 aliphatic rings. The number of benzene rings is 1. The molecule has 2 N–H and O–H groups in total. The Morgan fingerprint density at radius 3 is 2.38 bits per heavy atom. The van der Waals surface area contributed by atoms with Crippen LogP contribution in [-0.2, 0) is 0 Å². The summed E-state index contributed by atoms with van der Waals surface area (Å²) < 4.78 is 0. The van der Waals surface area contributed by atoms with Crippen molar-refractivity contribution >= 4 is 5.69 Å². The molecule has 0 spiro atoms. The average Bonchev–Trinajstić information content (AvgIpc) is 2.30.